The van der Waals surface area contributed by atoms with Crippen LogP contribution in [0, 0.1) is 5.82 Å². The summed E-state index contributed by atoms with van der Waals surface area (Å²) in [5, 5.41) is -1.11. The fourth-order valence-electron chi connectivity index (χ4n) is 3.01. The van der Waals surface area contributed by atoms with Gasteiger partial charge in [0.1, 0.15) is 23.3 Å². The number of fused-ring (bicyclic) bond motifs is 1. The number of carbonyl (C=O) groups excluding carboxylic acids is 1. The van der Waals surface area contributed by atoms with Gasteiger partial charge >= 0.3 is 12.3 Å². The number of piperazine rings is 1. The molecule has 0 saturated carbocycles. The van der Waals surface area contributed by atoms with E-state index in [1.165, 1.54) is 4.90 Å². The zero-order valence-electron chi connectivity index (χ0n) is 16.0. The van der Waals surface area contributed by atoms with Crippen molar-refractivity contribution in [2.75, 3.05) is 31.1 Å². The first-order valence-corrected chi connectivity index (χ1v) is 9.19. The van der Waals surface area contributed by atoms with Gasteiger partial charge < -0.3 is 14.5 Å². The Morgan fingerprint density at radius 1 is 1.14 bits per heavy atom. The zero-order valence-corrected chi connectivity index (χ0v) is 16.7. The van der Waals surface area contributed by atoms with E-state index < -0.39 is 34.3 Å². The number of alkyl halides is 3. The number of rotatable bonds is 1. The number of hydrogen-bond acceptors (Lipinski definition) is 5. The molecule has 158 valence electrons. The molecular weight excluding hydrogens is 416 g/mol. The summed E-state index contributed by atoms with van der Waals surface area (Å²) in [6, 6.07) is 0.760. The lowest BCUT2D eigenvalue weighted by Gasteiger charge is -2.36. The second-order valence-electron chi connectivity index (χ2n) is 7.60. The highest BCUT2D eigenvalue weighted by Gasteiger charge is 2.36. The molecule has 0 aliphatic carbocycles. The van der Waals surface area contributed by atoms with Crippen molar-refractivity contribution in [3.63, 3.8) is 0 Å². The Balaban J connectivity index is 1.90. The predicted octanol–water partition coefficient (Wildman–Crippen LogP) is 4.50. The third-order valence-electron chi connectivity index (χ3n) is 4.32. The maximum Gasteiger partial charge on any atom is 0.417 e. The topological polar surface area (TPSA) is 58.6 Å². The molecule has 1 aromatic heterocycles. The minimum atomic E-state index is -4.82. The molecule has 1 saturated heterocycles. The molecule has 0 bridgehead atoms. The Labute approximate surface area is 169 Å². The second-order valence-corrected chi connectivity index (χ2v) is 7.98. The number of hydrogen-bond donors (Lipinski definition) is 0. The number of nitrogens with zero attached hydrogens (tertiary/aromatic N) is 4. The number of anilines is 1. The van der Waals surface area contributed by atoms with Gasteiger partial charge in [0.25, 0.3) is 0 Å². The van der Waals surface area contributed by atoms with E-state index in [4.69, 9.17) is 16.3 Å². The fraction of sp³-hybridized carbons (Fsp3) is 0.500. The van der Waals surface area contributed by atoms with Crippen LogP contribution in [0.25, 0.3) is 10.9 Å². The molecule has 1 aromatic carbocycles. The van der Waals surface area contributed by atoms with Crippen LogP contribution in [0.4, 0.5) is 28.2 Å². The van der Waals surface area contributed by atoms with Crippen molar-refractivity contribution < 1.29 is 27.1 Å². The molecule has 2 heterocycles. The van der Waals surface area contributed by atoms with Crippen molar-refractivity contribution in [2.45, 2.75) is 32.5 Å². The van der Waals surface area contributed by atoms with Crippen LogP contribution < -0.4 is 4.90 Å². The second kappa shape index (κ2) is 7.47. The summed E-state index contributed by atoms with van der Waals surface area (Å²) in [5.41, 5.74) is -2.21. The van der Waals surface area contributed by atoms with Crippen molar-refractivity contribution in [2.24, 2.45) is 0 Å². The highest BCUT2D eigenvalue weighted by molar-refractivity contribution is 6.32. The van der Waals surface area contributed by atoms with Gasteiger partial charge in [-0.3, -0.25) is 0 Å². The minimum absolute atomic E-state index is 0.0903. The van der Waals surface area contributed by atoms with Crippen LogP contribution in [-0.4, -0.2) is 52.7 Å². The Morgan fingerprint density at radius 2 is 1.76 bits per heavy atom. The summed E-state index contributed by atoms with van der Waals surface area (Å²) in [5.74, 6) is -1.09. The van der Waals surface area contributed by atoms with E-state index >= 15 is 0 Å². The first-order valence-electron chi connectivity index (χ1n) is 8.81. The van der Waals surface area contributed by atoms with Crippen molar-refractivity contribution in [3.8, 4) is 0 Å². The summed E-state index contributed by atoms with van der Waals surface area (Å²) in [6.07, 6.45) is -4.22. The first kappa shape index (κ1) is 21.4. The molecule has 0 N–H and O–H groups in total. The highest BCUT2D eigenvalue weighted by atomic mass is 35.5. The number of carbonyl (C=O) groups is 1. The third kappa shape index (κ3) is 4.47. The van der Waals surface area contributed by atoms with E-state index in [9.17, 15) is 22.4 Å². The van der Waals surface area contributed by atoms with E-state index in [0.29, 0.717) is 0 Å². The third-order valence-corrected chi connectivity index (χ3v) is 4.69. The van der Waals surface area contributed by atoms with Crippen LogP contribution in [0.2, 0.25) is 5.02 Å². The molecule has 3 rings (SSSR count). The number of benzene rings is 1. The normalized spacial score (nSPS) is 15.7. The minimum Gasteiger partial charge on any atom is -0.444 e. The van der Waals surface area contributed by atoms with Crippen LogP contribution in [-0.2, 0) is 10.9 Å². The van der Waals surface area contributed by atoms with E-state index in [0.717, 1.165) is 12.4 Å². The Bertz CT molecular complexity index is 938. The molecule has 2 aromatic rings. The number of ether oxygens (including phenoxy) is 1. The number of halogens is 5. The molecule has 0 unspecified atom stereocenters. The summed E-state index contributed by atoms with van der Waals surface area (Å²) in [4.78, 5) is 23.2. The summed E-state index contributed by atoms with van der Waals surface area (Å²) in [6.45, 7) is 6.41. The predicted molar refractivity (Wildman–Crippen MR) is 99.5 cm³/mol. The summed E-state index contributed by atoms with van der Waals surface area (Å²) < 4.78 is 59.5. The van der Waals surface area contributed by atoms with E-state index in [2.05, 4.69) is 9.97 Å². The lowest BCUT2D eigenvalue weighted by atomic mass is 10.1. The fourth-order valence-corrected chi connectivity index (χ4v) is 3.26. The Morgan fingerprint density at radius 3 is 2.31 bits per heavy atom. The lowest BCUT2D eigenvalue weighted by molar-refractivity contribution is -0.137. The van der Waals surface area contributed by atoms with Gasteiger partial charge in [0.05, 0.1) is 10.6 Å². The number of amides is 1. The molecule has 1 aliphatic heterocycles. The number of aromatic nitrogens is 2. The van der Waals surface area contributed by atoms with Gasteiger partial charge in [-0.2, -0.15) is 13.2 Å². The largest absolute Gasteiger partial charge is 0.444 e. The lowest BCUT2D eigenvalue weighted by Crippen LogP contribution is -2.50. The highest BCUT2D eigenvalue weighted by Crippen LogP contribution is 2.40. The SMILES string of the molecule is CC(C)(C)OC(=O)N1CCN(c2ncnc3c(F)c(Cl)c(C(F)(F)F)cc23)CC1. The van der Waals surface area contributed by atoms with Crippen LogP contribution in [0.5, 0.6) is 0 Å². The quantitative estimate of drug-likeness (QED) is 0.619. The average molecular weight is 435 g/mol. The van der Waals surface area contributed by atoms with Gasteiger partial charge in [-0.15, -0.1) is 0 Å². The van der Waals surface area contributed by atoms with E-state index in [-0.39, 0.29) is 42.9 Å². The van der Waals surface area contributed by atoms with E-state index in [1.54, 1.807) is 25.7 Å². The molecule has 1 aliphatic rings. The van der Waals surface area contributed by atoms with Gasteiger partial charge in [-0.1, -0.05) is 11.6 Å². The van der Waals surface area contributed by atoms with Gasteiger partial charge in [0.15, 0.2) is 5.82 Å². The Kier molecular flexibility index (Phi) is 5.50. The van der Waals surface area contributed by atoms with Crippen molar-refractivity contribution in [1.29, 1.82) is 0 Å². The van der Waals surface area contributed by atoms with Crippen LogP contribution in [0.15, 0.2) is 12.4 Å². The van der Waals surface area contributed by atoms with Crippen LogP contribution in [0.3, 0.4) is 0 Å². The molecule has 0 spiro atoms. The zero-order chi connectivity index (χ0) is 21.6. The van der Waals surface area contributed by atoms with Crippen molar-refractivity contribution >= 4 is 34.4 Å². The average Bonchev–Trinajstić information content (AvgIpc) is 2.62. The monoisotopic (exact) mass is 434 g/mol. The molecule has 11 heteroatoms. The standard InChI is InChI=1S/C18H19ClF4N4O2/c1-17(2,3)29-16(28)27-6-4-26(5-7-27)15-10-8-11(18(21,22)23)12(19)13(20)14(10)24-9-25-15/h8-9H,4-7H2,1-3H3. The molecule has 1 amide bonds. The summed E-state index contributed by atoms with van der Waals surface area (Å²) in [7, 11) is 0. The molecule has 1 fully saturated rings. The first-order chi connectivity index (χ1) is 13.4. The Hall–Kier alpha value is -2.36. The van der Waals surface area contributed by atoms with Crippen LogP contribution in [0.1, 0.15) is 26.3 Å². The molecule has 0 radical (unpaired) electrons. The van der Waals surface area contributed by atoms with Crippen molar-refractivity contribution in [3.05, 3.63) is 28.8 Å². The molecule has 29 heavy (non-hydrogen) atoms. The molecular formula is C18H19ClF4N4O2. The smallest absolute Gasteiger partial charge is 0.417 e. The molecule has 0 atom stereocenters. The maximum absolute atomic E-state index is 14.5. The van der Waals surface area contributed by atoms with Gasteiger partial charge in [0.2, 0.25) is 0 Å². The van der Waals surface area contributed by atoms with Crippen LogP contribution >= 0.6 is 11.6 Å². The summed E-state index contributed by atoms with van der Waals surface area (Å²) >= 11 is 5.57. The van der Waals surface area contributed by atoms with E-state index in [1.807, 2.05) is 0 Å². The van der Waals surface area contributed by atoms with Gasteiger partial charge in [-0.25, -0.2) is 19.2 Å². The van der Waals surface area contributed by atoms with Crippen molar-refractivity contribution in [1.82, 2.24) is 14.9 Å². The van der Waals surface area contributed by atoms with Gasteiger partial charge in [-0.05, 0) is 26.8 Å². The maximum atomic E-state index is 14.5. The van der Waals surface area contributed by atoms with Gasteiger partial charge in [0, 0.05) is 31.6 Å². The molecule has 6 nitrogen and oxygen atoms in total.